The van der Waals surface area contributed by atoms with Gasteiger partial charge in [0.15, 0.2) is 0 Å². The van der Waals surface area contributed by atoms with Crippen LogP contribution in [-0.4, -0.2) is 22.6 Å². The van der Waals surface area contributed by atoms with Gasteiger partial charge < -0.3 is 10.5 Å². The van der Waals surface area contributed by atoms with Gasteiger partial charge in [-0.3, -0.25) is 15.1 Å². The number of ether oxygens (including phenoxy) is 1. The van der Waals surface area contributed by atoms with Crippen LogP contribution < -0.4 is 10.5 Å². The Morgan fingerprint density at radius 3 is 2.89 bits per heavy atom. The highest BCUT2D eigenvalue weighted by Gasteiger charge is 2.29. The third kappa shape index (κ3) is 3.22. The van der Waals surface area contributed by atoms with Crippen molar-refractivity contribution >= 4 is 21.6 Å². The standard InChI is InChI=1S/C12H16BrN3O3/c13-9-6-15-7-10(16(17)18)12(9)19-11-4-2-1-3-8(11)5-14/h6-8,11H,1-5,14H2. The fraction of sp³-hybridized carbons (Fsp3) is 0.583. The van der Waals surface area contributed by atoms with Crippen molar-refractivity contribution in [3.8, 4) is 5.75 Å². The number of pyridine rings is 1. The predicted octanol–water partition coefficient (Wildman–Crippen LogP) is 2.65. The third-order valence-corrected chi connectivity index (χ3v) is 4.01. The van der Waals surface area contributed by atoms with Crippen LogP contribution in [0.4, 0.5) is 5.69 Å². The summed E-state index contributed by atoms with van der Waals surface area (Å²) in [6, 6.07) is 0. The smallest absolute Gasteiger partial charge is 0.330 e. The number of hydrogen-bond acceptors (Lipinski definition) is 5. The highest BCUT2D eigenvalue weighted by Crippen LogP contribution is 2.37. The van der Waals surface area contributed by atoms with Crippen molar-refractivity contribution in [3.63, 3.8) is 0 Å². The molecule has 1 aliphatic rings. The zero-order valence-electron chi connectivity index (χ0n) is 10.4. The molecule has 0 amide bonds. The number of nitrogens with two attached hydrogens (primary N) is 1. The SMILES string of the molecule is NCC1CCCCC1Oc1c(Br)cncc1[N+](=O)[O-]. The Morgan fingerprint density at radius 1 is 1.47 bits per heavy atom. The molecule has 1 saturated carbocycles. The molecule has 19 heavy (non-hydrogen) atoms. The monoisotopic (exact) mass is 329 g/mol. The van der Waals surface area contributed by atoms with Gasteiger partial charge in [-0.15, -0.1) is 0 Å². The first-order valence-electron chi connectivity index (χ1n) is 6.28. The quantitative estimate of drug-likeness (QED) is 0.677. The molecule has 2 atom stereocenters. The second-order valence-corrected chi connectivity index (χ2v) is 5.52. The molecule has 0 spiro atoms. The van der Waals surface area contributed by atoms with Crippen LogP contribution >= 0.6 is 15.9 Å². The highest BCUT2D eigenvalue weighted by atomic mass is 79.9. The second-order valence-electron chi connectivity index (χ2n) is 4.66. The largest absolute Gasteiger partial charge is 0.482 e. The topological polar surface area (TPSA) is 91.3 Å². The molecular formula is C12H16BrN3O3. The van der Waals surface area contributed by atoms with E-state index >= 15 is 0 Å². The van der Waals surface area contributed by atoms with Crippen LogP contribution in [0.1, 0.15) is 25.7 Å². The van der Waals surface area contributed by atoms with Gasteiger partial charge in [-0.2, -0.15) is 0 Å². The molecular weight excluding hydrogens is 314 g/mol. The van der Waals surface area contributed by atoms with E-state index in [1.165, 1.54) is 12.4 Å². The Balaban J connectivity index is 2.24. The number of hydrogen-bond donors (Lipinski definition) is 1. The molecule has 0 aliphatic heterocycles. The summed E-state index contributed by atoms with van der Waals surface area (Å²) in [4.78, 5) is 14.3. The molecule has 2 rings (SSSR count). The Bertz CT molecular complexity index is 470. The van der Waals surface area contributed by atoms with Crippen molar-refractivity contribution in [2.75, 3.05) is 6.54 Å². The fourth-order valence-corrected chi connectivity index (χ4v) is 2.82. The zero-order chi connectivity index (χ0) is 13.8. The van der Waals surface area contributed by atoms with Gasteiger partial charge in [0, 0.05) is 12.1 Å². The van der Waals surface area contributed by atoms with Crippen molar-refractivity contribution in [1.29, 1.82) is 0 Å². The Morgan fingerprint density at radius 2 is 2.21 bits per heavy atom. The molecule has 1 aromatic rings. The van der Waals surface area contributed by atoms with Gasteiger partial charge in [0.25, 0.3) is 0 Å². The number of nitro groups is 1. The first kappa shape index (κ1) is 14.2. The minimum Gasteiger partial charge on any atom is -0.482 e. The summed E-state index contributed by atoms with van der Waals surface area (Å²) in [5.74, 6) is 0.513. The summed E-state index contributed by atoms with van der Waals surface area (Å²) in [5.41, 5.74) is 5.63. The van der Waals surface area contributed by atoms with Gasteiger partial charge in [-0.1, -0.05) is 6.42 Å². The lowest BCUT2D eigenvalue weighted by atomic mass is 9.86. The van der Waals surface area contributed by atoms with Gasteiger partial charge in [-0.25, -0.2) is 0 Å². The molecule has 0 saturated heterocycles. The molecule has 2 N–H and O–H groups in total. The van der Waals surface area contributed by atoms with E-state index < -0.39 is 4.92 Å². The van der Waals surface area contributed by atoms with Crippen LogP contribution in [-0.2, 0) is 0 Å². The van der Waals surface area contributed by atoms with Crippen molar-refractivity contribution in [2.24, 2.45) is 11.7 Å². The van der Waals surface area contributed by atoms with Crippen molar-refractivity contribution in [1.82, 2.24) is 4.98 Å². The van der Waals surface area contributed by atoms with Crippen LogP contribution in [0.3, 0.4) is 0 Å². The number of halogens is 1. The molecule has 7 heteroatoms. The van der Waals surface area contributed by atoms with E-state index in [2.05, 4.69) is 20.9 Å². The van der Waals surface area contributed by atoms with E-state index in [9.17, 15) is 10.1 Å². The number of aromatic nitrogens is 1. The summed E-state index contributed by atoms with van der Waals surface area (Å²) in [6.07, 6.45) is 6.75. The molecule has 104 valence electrons. The first-order valence-corrected chi connectivity index (χ1v) is 7.07. The average Bonchev–Trinajstić information content (AvgIpc) is 2.41. The first-order chi connectivity index (χ1) is 9.13. The second kappa shape index (κ2) is 6.29. The molecule has 6 nitrogen and oxygen atoms in total. The fourth-order valence-electron chi connectivity index (χ4n) is 2.41. The molecule has 0 bridgehead atoms. The summed E-state index contributed by atoms with van der Waals surface area (Å²) < 4.78 is 6.38. The lowest BCUT2D eigenvalue weighted by molar-refractivity contribution is -0.386. The third-order valence-electron chi connectivity index (χ3n) is 3.44. The molecule has 1 fully saturated rings. The normalized spacial score (nSPS) is 23.1. The lowest BCUT2D eigenvalue weighted by Crippen LogP contribution is -2.35. The van der Waals surface area contributed by atoms with Crippen LogP contribution in [0.2, 0.25) is 0 Å². The number of rotatable bonds is 4. The lowest BCUT2D eigenvalue weighted by Gasteiger charge is -2.31. The van der Waals surface area contributed by atoms with E-state index in [0.717, 1.165) is 25.7 Å². The Kier molecular flexibility index (Phi) is 4.71. The average molecular weight is 330 g/mol. The van der Waals surface area contributed by atoms with Gasteiger partial charge in [0.05, 0.1) is 9.40 Å². The Labute approximate surface area is 119 Å². The summed E-state index contributed by atoms with van der Waals surface area (Å²) >= 11 is 3.26. The minimum atomic E-state index is -0.479. The van der Waals surface area contributed by atoms with Crippen LogP contribution in [0.25, 0.3) is 0 Å². The van der Waals surface area contributed by atoms with E-state index in [4.69, 9.17) is 10.5 Å². The van der Waals surface area contributed by atoms with E-state index in [-0.39, 0.29) is 23.5 Å². The van der Waals surface area contributed by atoms with E-state index in [1.54, 1.807) is 0 Å². The van der Waals surface area contributed by atoms with Crippen molar-refractivity contribution < 1.29 is 9.66 Å². The maximum atomic E-state index is 11.0. The highest BCUT2D eigenvalue weighted by molar-refractivity contribution is 9.10. The van der Waals surface area contributed by atoms with Crippen LogP contribution in [0, 0.1) is 16.0 Å². The molecule has 1 heterocycles. The molecule has 1 aromatic heterocycles. The van der Waals surface area contributed by atoms with Gasteiger partial charge in [0.2, 0.25) is 5.75 Å². The van der Waals surface area contributed by atoms with E-state index in [0.29, 0.717) is 11.0 Å². The van der Waals surface area contributed by atoms with Crippen LogP contribution in [0.15, 0.2) is 16.9 Å². The van der Waals surface area contributed by atoms with Gasteiger partial charge in [0.1, 0.15) is 12.3 Å². The predicted molar refractivity (Wildman–Crippen MR) is 74.0 cm³/mol. The Hall–Kier alpha value is -1.21. The maximum Gasteiger partial charge on any atom is 0.330 e. The minimum absolute atomic E-state index is 0.0591. The summed E-state index contributed by atoms with van der Waals surface area (Å²) in [6.45, 7) is 0.543. The summed E-state index contributed by atoms with van der Waals surface area (Å²) in [7, 11) is 0. The van der Waals surface area contributed by atoms with E-state index in [1.807, 2.05) is 0 Å². The van der Waals surface area contributed by atoms with Crippen LogP contribution in [0.5, 0.6) is 5.75 Å². The van der Waals surface area contributed by atoms with Crippen molar-refractivity contribution in [3.05, 3.63) is 27.0 Å². The number of nitrogens with zero attached hydrogens (tertiary/aromatic N) is 2. The van der Waals surface area contributed by atoms with Crippen molar-refractivity contribution in [2.45, 2.75) is 31.8 Å². The van der Waals surface area contributed by atoms with Gasteiger partial charge in [-0.05, 0) is 41.7 Å². The maximum absolute atomic E-state index is 11.0. The zero-order valence-corrected chi connectivity index (χ0v) is 12.0. The molecule has 2 unspecified atom stereocenters. The van der Waals surface area contributed by atoms with Gasteiger partial charge >= 0.3 is 5.69 Å². The molecule has 0 aromatic carbocycles. The molecule has 0 radical (unpaired) electrons. The molecule has 1 aliphatic carbocycles. The summed E-state index contributed by atoms with van der Waals surface area (Å²) in [5, 5.41) is 11.0.